The highest BCUT2D eigenvalue weighted by molar-refractivity contribution is 5.75. The third-order valence-corrected chi connectivity index (χ3v) is 4.45. The first-order chi connectivity index (χ1) is 12.3. The number of fused-ring (bicyclic) bond motifs is 1. The molecule has 1 heterocycles. The van der Waals surface area contributed by atoms with Crippen LogP contribution in [0.3, 0.4) is 0 Å². The molecule has 0 aliphatic carbocycles. The monoisotopic (exact) mass is 363 g/mol. The van der Waals surface area contributed by atoms with Crippen LogP contribution in [-0.4, -0.2) is 43.9 Å². The maximum Gasteiger partial charge on any atom is 0.314 e. The largest absolute Gasteiger partial charge is 0.493 e. The lowest BCUT2D eigenvalue weighted by Gasteiger charge is -2.24. The molecule has 1 unspecified atom stereocenters. The van der Waals surface area contributed by atoms with Crippen LogP contribution >= 0.6 is 0 Å². The number of carbonyl (C=O) groups excluding carboxylic acids is 1. The van der Waals surface area contributed by atoms with Gasteiger partial charge in [0, 0.05) is 18.0 Å². The normalized spacial score (nSPS) is 16.3. The lowest BCUT2D eigenvalue weighted by molar-refractivity contribution is -0.159. The van der Waals surface area contributed by atoms with Gasteiger partial charge in [-0.1, -0.05) is 13.8 Å². The fourth-order valence-corrected chi connectivity index (χ4v) is 3.10. The molecule has 1 atom stereocenters. The molecule has 26 heavy (non-hydrogen) atoms. The smallest absolute Gasteiger partial charge is 0.314 e. The zero-order chi connectivity index (χ0) is 19.2. The van der Waals surface area contributed by atoms with Gasteiger partial charge in [-0.05, 0) is 64.9 Å². The molecule has 0 radical (unpaired) electrons. The van der Waals surface area contributed by atoms with Crippen LogP contribution in [0.5, 0.6) is 11.5 Å². The van der Waals surface area contributed by atoms with Crippen LogP contribution in [0.15, 0.2) is 18.2 Å². The number of carbonyl (C=O) groups is 1. The van der Waals surface area contributed by atoms with Crippen molar-refractivity contribution in [2.75, 3.05) is 33.0 Å². The van der Waals surface area contributed by atoms with Gasteiger partial charge in [-0.2, -0.15) is 0 Å². The zero-order valence-corrected chi connectivity index (χ0v) is 16.8. The molecule has 0 amide bonds. The van der Waals surface area contributed by atoms with E-state index in [9.17, 15) is 4.79 Å². The Balaban J connectivity index is 1.96. The van der Waals surface area contributed by atoms with E-state index in [2.05, 4.69) is 18.7 Å². The van der Waals surface area contributed by atoms with Crippen molar-refractivity contribution in [1.29, 1.82) is 0 Å². The van der Waals surface area contributed by atoms with Gasteiger partial charge in [0.05, 0.1) is 12.0 Å². The molecule has 1 aromatic rings. The summed E-state index contributed by atoms with van der Waals surface area (Å²) < 4.78 is 16.7. The molecular formula is C21H33NO4. The summed E-state index contributed by atoms with van der Waals surface area (Å²) in [4.78, 5) is 14.3. The predicted molar refractivity (Wildman–Crippen MR) is 103 cm³/mol. The molecule has 0 bridgehead atoms. The summed E-state index contributed by atoms with van der Waals surface area (Å²) in [5, 5.41) is 0. The number of ether oxygens (including phenoxy) is 3. The SMILES string of the molecule is CCCN(CCC)CC1COc2ccc(OCOC(=O)C(C)(C)C)cc21. The third kappa shape index (κ3) is 5.63. The van der Waals surface area contributed by atoms with Crippen LogP contribution in [0.25, 0.3) is 0 Å². The molecule has 0 spiro atoms. The average molecular weight is 363 g/mol. The number of hydrogen-bond donors (Lipinski definition) is 0. The maximum absolute atomic E-state index is 11.8. The van der Waals surface area contributed by atoms with Crippen LogP contribution in [0.2, 0.25) is 0 Å². The topological polar surface area (TPSA) is 48.0 Å². The Hall–Kier alpha value is -1.75. The number of benzene rings is 1. The van der Waals surface area contributed by atoms with Gasteiger partial charge in [-0.15, -0.1) is 0 Å². The quantitative estimate of drug-likeness (QED) is 0.486. The van der Waals surface area contributed by atoms with E-state index in [1.54, 1.807) is 0 Å². The van der Waals surface area contributed by atoms with Crippen molar-refractivity contribution in [2.45, 2.75) is 53.4 Å². The van der Waals surface area contributed by atoms with Gasteiger partial charge in [-0.25, -0.2) is 0 Å². The summed E-state index contributed by atoms with van der Waals surface area (Å²) in [6, 6.07) is 5.83. The molecule has 0 fully saturated rings. The van der Waals surface area contributed by atoms with Gasteiger partial charge in [0.15, 0.2) is 0 Å². The highest BCUT2D eigenvalue weighted by Crippen LogP contribution is 2.37. The molecule has 1 aliphatic heterocycles. The molecule has 0 saturated carbocycles. The van der Waals surface area contributed by atoms with Gasteiger partial charge >= 0.3 is 5.97 Å². The second-order valence-corrected chi connectivity index (χ2v) is 7.95. The number of rotatable bonds is 9. The van der Waals surface area contributed by atoms with Crippen LogP contribution in [0, 0.1) is 5.41 Å². The molecule has 0 N–H and O–H groups in total. The Morgan fingerprint density at radius 3 is 2.54 bits per heavy atom. The number of nitrogens with zero attached hydrogens (tertiary/aromatic N) is 1. The minimum atomic E-state index is -0.526. The van der Waals surface area contributed by atoms with Crippen molar-refractivity contribution >= 4 is 5.97 Å². The highest BCUT2D eigenvalue weighted by atomic mass is 16.7. The fraction of sp³-hybridized carbons (Fsp3) is 0.667. The minimum absolute atomic E-state index is 0.0712. The van der Waals surface area contributed by atoms with Crippen molar-refractivity contribution in [3.05, 3.63) is 23.8 Å². The summed E-state index contributed by atoms with van der Waals surface area (Å²) in [5.41, 5.74) is 0.657. The van der Waals surface area contributed by atoms with E-state index in [1.165, 1.54) is 5.56 Å². The van der Waals surface area contributed by atoms with E-state index in [4.69, 9.17) is 14.2 Å². The van der Waals surface area contributed by atoms with Crippen LogP contribution in [0.1, 0.15) is 58.9 Å². The molecular weight excluding hydrogens is 330 g/mol. The summed E-state index contributed by atoms with van der Waals surface area (Å²) in [5.74, 6) is 1.72. The summed E-state index contributed by atoms with van der Waals surface area (Å²) in [6.45, 7) is 13.8. The molecule has 5 nitrogen and oxygen atoms in total. The Kier molecular flexibility index (Phi) is 7.33. The summed E-state index contributed by atoms with van der Waals surface area (Å²) in [7, 11) is 0. The Bertz CT molecular complexity index is 588. The van der Waals surface area contributed by atoms with Crippen molar-refractivity contribution in [3.8, 4) is 11.5 Å². The minimum Gasteiger partial charge on any atom is -0.493 e. The Morgan fingerprint density at radius 1 is 1.23 bits per heavy atom. The molecule has 1 aliphatic rings. The second kappa shape index (κ2) is 9.26. The van der Waals surface area contributed by atoms with Crippen molar-refractivity contribution < 1.29 is 19.0 Å². The van der Waals surface area contributed by atoms with Gasteiger partial charge in [0.25, 0.3) is 0 Å². The fourth-order valence-electron chi connectivity index (χ4n) is 3.10. The average Bonchev–Trinajstić information content (AvgIpc) is 2.97. The molecule has 146 valence electrons. The van der Waals surface area contributed by atoms with Crippen LogP contribution in [0.4, 0.5) is 0 Å². The number of esters is 1. The standard InChI is InChI=1S/C21H33NO4/c1-6-10-22(11-7-2)13-16-14-24-19-9-8-17(12-18(16)19)25-15-26-20(23)21(3,4)5/h8-9,12,16H,6-7,10-11,13-15H2,1-5H3. The van der Waals surface area contributed by atoms with E-state index in [0.29, 0.717) is 18.3 Å². The zero-order valence-electron chi connectivity index (χ0n) is 16.8. The first-order valence-corrected chi connectivity index (χ1v) is 9.64. The molecule has 0 aromatic heterocycles. The summed E-state index contributed by atoms with van der Waals surface area (Å²) >= 11 is 0. The van der Waals surface area contributed by atoms with E-state index < -0.39 is 5.41 Å². The Morgan fingerprint density at radius 2 is 1.92 bits per heavy atom. The van der Waals surface area contributed by atoms with E-state index in [0.717, 1.165) is 38.2 Å². The molecule has 0 saturated heterocycles. The van der Waals surface area contributed by atoms with Crippen molar-refractivity contribution in [3.63, 3.8) is 0 Å². The first-order valence-electron chi connectivity index (χ1n) is 9.64. The Labute approximate surface area is 157 Å². The summed E-state index contributed by atoms with van der Waals surface area (Å²) in [6.07, 6.45) is 2.31. The van der Waals surface area contributed by atoms with Gasteiger partial charge in [0.2, 0.25) is 6.79 Å². The van der Waals surface area contributed by atoms with Crippen LogP contribution in [-0.2, 0) is 9.53 Å². The van der Waals surface area contributed by atoms with Crippen molar-refractivity contribution in [1.82, 2.24) is 4.90 Å². The van der Waals surface area contributed by atoms with Gasteiger partial charge in [0.1, 0.15) is 11.5 Å². The van der Waals surface area contributed by atoms with E-state index in [-0.39, 0.29) is 12.8 Å². The molecule has 5 heteroatoms. The number of hydrogen-bond acceptors (Lipinski definition) is 5. The molecule has 2 rings (SSSR count). The van der Waals surface area contributed by atoms with E-state index in [1.807, 2.05) is 39.0 Å². The lowest BCUT2D eigenvalue weighted by Crippen LogP contribution is -2.30. The van der Waals surface area contributed by atoms with Gasteiger partial charge in [-0.3, -0.25) is 4.79 Å². The maximum atomic E-state index is 11.8. The lowest BCUT2D eigenvalue weighted by atomic mass is 9.98. The second-order valence-electron chi connectivity index (χ2n) is 7.95. The predicted octanol–water partition coefficient (Wildman–Crippen LogP) is 4.21. The first kappa shape index (κ1) is 20.6. The third-order valence-electron chi connectivity index (χ3n) is 4.45. The molecule has 1 aromatic carbocycles. The highest BCUT2D eigenvalue weighted by Gasteiger charge is 2.27. The van der Waals surface area contributed by atoms with Crippen molar-refractivity contribution in [2.24, 2.45) is 5.41 Å². The van der Waals surface area contributed by atoms with E-state index >= 15 is 0 Å². The van der Waals surface area contributed by atoms with Gasteiger partial charge < -0.3 is 19.1 Å². The van der Waals surface area contributed by atoms with Crippen LogP contribution < -0.4 is 9.47 Å².